The van der Waals surface area contributed by atoms with E-state index in [4.69, 9.17) is 39.9 Å². The van der Waals surface area contributed by atoms with Crippen molar-refractivity contribution in [2.24, 2.45) is 0 Å². The van der Waals surface area contributed by atoms with Gasteiger partial charge in [0.1, 0.15) is 0 Å². The fourth-order valence-corrected chi connectivity index (χ4v) is 0. The molecule has 0 aliphatic heterocycles. The van der Waals surface area contributed by atoms with Crippen LogP contribution in [0.2, 0.25) is 0 Å². The van der Waals surface area contributed by atoms with Crippen molar-refractivity contribution in [1.29, 1.82) is 0 Å². The molecule has 0 fully saturated rings. The highest BCUT2D eigenvalue weighted by Gasteiger charge is 2.34. The lowest BCUT2D eigenvalue weighted by Gasteiger charge is -2.03. The average Bonchev–Trinajstić information content (AvgIpc) is 1.25. The second-order valence-corrected chi connectivity index (χ2v) is 5.52. The van der Waals surface area contributed by atoms with Crippen LogP contribution in [0.4, 0.5) is 0 Å². The van der Waals surface area contributed by atoms with Crippen LogP contribution < -0.4 is 5.14 Å². The smallest absolute Gasteiger partial charge is 0.207 e. The minimum absolute atomic E-state index is 2.51. The lowest BCUT2D eigenvalue weighted by molar-refractivity contribution is 0.596. The molecule has 0 saturated carbocycles. The second-order valence-electron chi connectivity index (χ2n) is 0.949. The first-order valence-corrected chi connectivity index (χ1v) is 3.93. The molecule has 0 unspecified atom stereocenters. The molecular formula is CHCl3NO2S. The van der Waals surface area contributed by atoms with Crippen molar-refractivity contribution in [2.45, 2.75) is 3.12 Å². The molecule has 0 heterocycles. The Bertz CT molecular complexity index is 166. The Balaban J connectivity index is 4.53. The Hall–Kier alpha value is 0.780. The molecule has 0 aliphatic carbocycles. The van der Waals surface area contributed by atoms with Gasteiger partial charge in [0.2, 0.25) is 0 Å². The molecule has 0 spiro atoms. The van der Waals surface area contributed by atoms with Crippen LogP contribution in [0.15, 0.2) is 0 Å². The first-order valence-electron chi connectivity index (χ1n) is 1.31. The van der Waals surface area contributed by atoms with E-state index in [0.717, 1.165) is 0 Å². The summed E-state index contributed by atoms with van der Waals surface area (Å²) in [5.74, 6) is 0. The maximum Gasteiger partial charge on any atom is 0.307 e. The zero-order valence-corrected chi connectivity index (χ0v) is 6.44. The van der Waals surface area contributed by atoms with Crippen molar-refractivity contribution in [3.63, 3.8) is 0 Å². The van der Waals surface area contributed by atoms with Gasteiger partial charge in [0, 0.05) is 0 Å². The maximum absolute atomic E-state index is 9.92. The molecule has 1 N–H and O–H groups in total. The third-order valence-electron chi connectivity index (χ3n) is 0.305. The van der Waals surface area contributed by atoms with E-state index < -0.39 is 13.1 Å². The van der Waals surface area contributed by atoms with Crippen LogP contribution in [-0.2, 0) is 10.0 Å². The zero-order valence-electron chi connectivity index (χ0n) is 3.36. The standard InChI is InChI=1S/CHCl3NO2S/c2-1(3,4)8(5,6)7/h5H. The van der Waals surface area contributed by atoms with Gasteiger partial charge in [-0.25, -0.2) is 8.42 Å². The van der Waals surface area contributed by atoms with Gasteiger partial charge in [0.25, 0.3) is 10.0 Å². The zero-order chi connectivity index (χ0) is 7.00. The first-order chi connectivity index (χ1) is 3.25. The van der Waals surface area contributed by atoms with E-state index in [2.05, 4.69) is 0 Å². The van der Waals surface area contributed by atoms with Gasteiger partial charge in [-0.3, -0.25) is 0 Å². The van der Waals surface area contributed by atoms with E-state index in [0.29, 0.717) is 0 Å². The molecule has 8 heavy (non-hydrogen) atoms. The highest BCUT2D eigenvalue weighted by molar-refractivity contribution is 7.94. The summed E-state index contributed by atoms with van der Waals surface area (Å²) in [6.07, 6.45) is 0. The fraction of sp³-hybridized carbons (Fsp3) is 1.00. The number of halogens is 3. The summed E-state index contributed by atoms with van der Waals surface area (Å²) < 4.78 is 17.3. The van der Waals surface area contributed by atoms with Crippen molar-refractivity contribution in [3.8, 4) is 0 Å². The lowest BCUT2D eigenvalue weighted by atomic mass is 11.8. The highest BCUT2D eigenvalue weighted by Crippen LogP contribution is 2.30. The lowest BCUT2D eigenvalue weighted by Crippen LogP contribution is -2.19. The molecular weight excluding hydrogens is 196 g/mol. The van der Waals surface area contributed by atoms with Crippen LogP contribution in [0.5, 0.6) is 0 Å². The first kappa shape index (κ1) is 8.78. The molecule has 0 aromatic carbocycles. The van der Waals surface area contributed by atoms with Crippen LogP contribution in [0.25, 0.3) is 0 Å². The number of hydrogen-bond acceptors (Lipinski definition) is 2. The minimum atomic E-state index is -4.29. The quantitative estimate of drug-likeness (QED) is 0.542. The van der Waals surface area contributed by atoms with Gasteiger partial charge in [-0.1, -0.05) is 34.8 Å². The van der Waals surface area contributed by atoms with E-state index in [1.54, 1.807) is 0 Å². The van der Waals surface area contributed by atoms with Crippen molar-refractivity contribution >= 4 is 44.8 Å². The molecule has 0 amide bonds. The number of alkyl halides is 3. The van der Waals surface area contributed by atoms with E-state index >= 15 is 0 Å². The number of nitrogens with one attached hydrogen (secondary N) is 1. The molecule has 49 valence electrons. The van der Waals surface area contributed by atoms with Crippen molar-refractivity contribution in [3.05, 3.63) is 0 Å². The normalized spacial score (nSPS) is 14.0. The SMILES string of the molecule is [NH]S(=O)(=O)C(Cl)(Cl)Cl. The summed E-state index contributed by atoms with van der Waals surface area (Å²) in [6.45, 7) is 0. The Morgan fingerprint density at radius 3 is 1.38 bits per heavy atom. The van der Waals surface area contributed by atoms with Gasteiger partial charge in [0.15, 0.2) is 0 Å². The number of hydrogen-bond donors (Lipinski definition) is 0. The predicted molar refractivity (Wildman–Crippen MR) is 32.3 cm³/mol. The summed E-state index contributed by atoms with van der Waals surface area (Å²) in [5, 5.41) is 6.16. The van der Waals surface area contributed by atoms with Crippen molar-refractivity contribution < 1.29 is 8.42 Å². The molecule has 0 rings (SSSR count). The Kier molecular flexibility index (Phi) is 2.40. The highest BCUT2D eigenvalue weighted by atomic mass is 35.6. The van der Waals surface area contributed by atoms with Gasteiger partial charge in [-0.05, 0) is 0 Å². The molecule has 7 heteroatoms. The van der Waals surface area contributed by atoms with E-state index in [9.17, 15) is 8.42 Å². The van der Waals surface area contributed by atoms with Crippen molar-refractivity contribution in [1.82, 2.24) is 5.14 Å². The Morgan fingerprint density at radius 2 is 1.38 bits per heavy atom. The second kappa shape index (κ2) is 2.19. The monoisotopic (exact) mass is 196 g/mol. The van der Waals surface area contributed by atoms with Gasteiger partial charge < -0.3 is 0 Å². The fourth-order valence-electron chi connectivity index (χ4n) is 0. The van der Waals surface area contributed by atoms with Gasteiger partial charge in [-0.2, -0.15) is 0 Å². The number of rotatable bonds is 0. The van der Waals surface area contributed by atoms with Crippen LogP contribution in [-0.4, -0.2) is 11.5 Å². The van der Waals surface area contributed by atoms with Gasteiger partial charge in [0.05, 0.1) is 0 Å². The molecule has 0 bridgehead atoms. The number of sulfonamides is 1. The molecule has 0 aromatic heterocycles. The molecule has 0 aliphatic rings. The summed E-state index contributed by atoms with van der Waals surface area (Å²) in [4.78, 5) is 0. The van der Waals surface area contributed by atoms with Gasteiger partial charge in [-0.15, -0.1) is 5.14 Å². The van der Waals surface area contributed by atoms with Gasteiger partial charge >= 0.3 is 3.12 Å². The van der Waals surface area contributed by atoms with E-state index in [-0.39, 0.29) is 0 Å². The minimum Gasteiger partial charge on any atom is -0.207 e. The molecule has 1 radical (unpaired) electrons. The largest absolute Gasteiger partial charge is 0.307 e. The summed E-state index contributed by atoms with van der Waals surface area (Å²) in [7, 11) is -4.29. The van der Waals surface area contributed by atoms with Crippen LogP contribution in [0, 0.1) is 0 Å². The van der Waals surface area contributed by atoms with Crippen LogP contribution >= 0.6 is 34.8 Å². The molecule has 0 aromatic rings. The Morgan fingerprint density at radius 1 is 1.25 bits per heavy atom. The topological polar surface area (TPSA) is 57.9 Å². The van der Waals surface area contributed by atoms with E-state index in [1.807, 2.05) is 0 Å². The van der Waals surface area contributed by atoms with Crippen molar-refractivity contribution in [2.75, 3.05) is 0 Å². The average molecular weight is 197 g/mol. The molecule has 0 atom stereocenters. The van der Waals surface area contributed by atoms with E-state index in [1.165, 1.54) is 0 Å². The Labute approximate surface area is 61.7 Å². The van der Waals surface area contributed by atoms with Crippen LogP contribution in [0.1, 0.15) is 0 Å². The predicted octanol–water partition coefficient (Wildman–Crippen LogP) is 0.927. The molecule has 3 nitrogen and oxygen atoms in total. The summed E-state index contributed by atoms with van der Waals surface area (Å²) in [5.41, 5.74) is 0. The summed E-state index contributed by atoms with van der Waals surface area (Å²) >= 11 is 14.3. The van der Waals surface area contributed by atoms with Crippen LogP contribution in [0.3, 0.4) is 0 Å². The molecule has 0 saturated heterocycles. The summed E-state index contributed by atoms with van der Waals surface area (Å²) in [6, 6.07) is 0. The third kappa shape index (κ3) is 2.37. The maximum atomic E-state index is 9.92. The third-order valence-corrected chi connectivity index (χ3v) is 2.74.